The van der Waals surface area contributed by atoms with Gasteiger partial charge in [-0.1, -0.05) is 27.7 Å². The average molecular weight is 291 g/mol. The molecule has 0 radical (unpaired) electrons. The van der Waals surface area contributed by atoms with Crippen LogP contribution in [0.5, 0.6) is 0 Å². The van der Waals surface area contributed by atoms with Crippen LogP contribution < -0.4 is 5.32 Å². The zero-order valence-electron chi connectivity index (χ0n) is 13.9. The van der Waals surface area contributed by atoms with E-state index < -0.39 is 0 Å². The Morgan fingerprint density at radius 1 is 1.33 bits per heavy atom. The summed E-state index contributed by atoms with van der Waals surface area (Å²) in [6.07, 6.45) is 6.36. The van der Waals surface area contributed by atoms with Crippen LogP contribution in [0.15, 0.2) is 6.20 Å². The highest BCUT2D eigenvalue weighted by Crippen LogP contribution is 2.39. The monoisotopic (exact) mass is 291 g/mol. The summed E-state index contributed by atoms with van der Waals surface area (Å²) >= 11 is 0. The maximum absolute atomic E-state index is 5.56. The van der Waals surface area contributed by atoms with E-state index in [0.29, 0.717) is 12.6 Å². The molecule has 1 atom stereocenters. The molecule has 2 rings (SSSR count). The van der Waals surface area contributed by atoms with Gasteiger partial charge in [-0.25, -0.2) is 9.97 Å². The predicted octanol–water partition coefficient (Wildman–Crippen LogP) is 3.42. The Morgan fingerprint density at radius 3 is 2.86 bits per heavy atom. The van der Waals surface area contributed by atoms with Crippen LogP contribution >= 0.6 is 0 Å². The Kier molecular flexibility index (Phi) is 5.71. The highest BCUT2D eigenvalue weighted by Gasteiger charge is 2.33. The largest absolute Gasteiger partial charge is 0.373 e. The van der Waals surface area contributed by atoms with E-state index in [1.54, 1.807) is 0 Å². The summed E-state index contributed by atoms with van der Waals surface area (Å²) < 4.78 is 5.56. The zero-order valence-corrected chi connectivity index (χ0v) is 13.9. The second kappa shape index (κ2) is 7.32. The van der Waals surface area contributed by atoms with Gasteiger partial charge < -0.3 is 10.1 Å². The first-order chi connectivity index (χ1) is 10.1. The Hall–Kier alpha value is -1.00. The molecule has 1 aliphatic carbocycles. The molecule has 1 heterocycles. The van der Waals surface area contributed by atoms with Gasteiger partial charge in [-0.3, -0.25) is 0 Å². The van der Waals surface area contributed by atoms with Crippen LogP contribution in [0.2, 0.25) is 0 Å². The number of fused-ring (bicyclic) bond motifs is 1. The van der Waals surface area contributed by atoms with Crippen molar-refractivity contribution in [3.8, 4) is 0 Å². The average Bonchev–Trinajstić information content (AvgIpc) is 2.43. The van der Waals surface area contributed by atoms with E-state index in [4.69, 9.17) is 9.72 Å². The molecule has 1 aromatic rings. The molecule has 0 aliphatic heterocycles. The SMILES string of the molecule is CCCNC1CC(C)(C)Cc2nc(COCCC)ncc21. The van der Waals surface area contributed by atoms with E-state index in [1.807, 2.05) is 6.20 Å². The molecule has 0 aromatic carbocycles. The Bertz CT molecular complexity index is 459. The second-order valence-electron chi connectivity index (χ2n) is 6.79. The molecule has 1 aromatic heterocycles. The van der Waals surface area contributed by atoms with Gasteiger partial charge in [-0.2, -0.15) is 0 Å². The normalized spacial score (nSPS) is 20.3. The lowest BCUT2D eigenvalue weighted by Gasteiger charge is -2.36. The number of ether oxygens (including phenoxy) is 1. The molecule has 118 valence electrons. The third-order valence-corrected chi connectivity index (χ3v) is 3.95. The minimum atomic E-state index is 0.286. The topological polar surface area (TPSA) is 47.0 Å². The second-order valence-corrected chi connectivity index (χ2v) is 6.79. The van der Waals surface area contributed by atoms with Crippen LogP contribution in [0.1, 0.15) is 70.1 Å². The lowest BCUT2D eigenvalue weighted by atomic mass is 9.74. The predicted molar refractivity (Wildman–Crippen MR) is 85.1 cm³/mol. The fraction of sp³-hybridized carbons (Fsp3) is 0.765. The number of hydrogen-bond donors (Lipinski definition) is 1. The number of aromatic nitrogens is 2. The number of nitrogens with zero attached hydrogens (tertiary/aromatic N) is 2. The van der Waals surface area contributed by atoms with Crippen molar-refractivity contribution in [3.05, 3.63) is 23.3 Å². The van der Waals surface area contributed by atoms with Crippen LogP contribution in [0.4, 0.5) is 0 Å². The molecule has 4 heteroatoms. The highest BCUT2D eigenvalue weighted by molar-refractivity contribution is 5.26. The van der Waals surface area contributed by atoms with Crippen molar-refractivity contribution >= 4 is 0 Å². The summed E-state index contributed by atoms with van der Waals surface area (Å²) in [5, 5.41) is 3.64. The molecule has 0 bridgehead atoms. The molecule has 4 nitrogen and oxygen atoms in total. The van der Waals surface area contributed by atoms with E-state index in [-0.39, 0.29) is 5.41 Å². The number of rotatable bonds is 7. The van der Waals surface area contributed by atoms with E-state index in [9.17, 15) is 0 Å². The first kappa shape index (κ1) is 16.4. The fourth-order valence-electron chi connectivity index (χ4n) is 2.97. The van der Waals surface area contributed by atoms with E-state index >= 15 is 0 Å². The summed E-state index contributed by atoms with van der Waals surface area (Å²) in [5.41, 5.74) is 2.76. The molecule has 0 amide bonds. The van der Waals surface area contributed by atoms with Gasteiger partial charge in [0.15, 0.2) is 5.82 Å². The molecule has 21 heavy (non-hydrogen) atoms. The molecular formula is C17H29N3O. The smallest absolute Gasteiger partial charge is 0.154 e. The zero-order chi connectivity index (χ0) is 15.3. The van der Waals surface area contributed by atoms with Gasteiger partial charge in [0.05, 0.1) is 0 Å². The molecule has 1 unspecified atom stereocenters. The molecule has 0 fully saturated rings. The Labute approximate surface area is 128 Å². The summed E-state index contributed by atoms with van der Waals surface area (Å²) in [6.45, 7) is 11.3. The van der Waals surface area contributed by atoms with Gasteiger partial charge in [0, 0.05) is 30.1 Å². The fourth-order valence-corrected chi connectivity index (χ4v) is 2.97. The van der Waals surface area contributed by atoms with E-state index in [0.717, 1.165) is 44.7 Å². The highest BCUT2D eigenvalue weighted by atomic mass is 16.5. The van der Waals surface area contributed by atoms with Crippen LogP contribution in [0.25, 0.3) is 0 Å². The summed E-state index contributed by atoms with van der Waals surface area (Å²) in [7, 11) is 0. The maximum Gasteiger partial charge on any atom is 0.154 e. The van der Waals surface area contributed by atoms with Crippen molar-refractivity contribution in [1.82, 2.24) is 15.3 Å². The minimum absolute atomic E-state index is 0.286. The molecular weight excluding hydrogens is 262 g/mol. The van der Waals surface area contributed by atoms with Crippen molar-refractivity contribution < 1.29 is 4.74 Å². The van der Waals surface area contributed by atoms with E-state index in [2.05, 4.69) is 38.0 Å². The van der Waals surface area contributed by atoms with Crippen molar-refractivity contribution in [2.24, 2.45) is 5.41 Å². The molecule has 1 N–H and O–H groups in total. The standard InChI is InChI=1S/C17H29N3O/c1-5-7-18-14-9-17(3,4)10-15-13(14)11-19-16(20-15)12-21-8-6-2/h11,14,18H,5-10,12H2,1-4H3. The Balaban J connectivity index is 2.15. The van der Waals surface area contributed by atoms with Crippen molar-refractivity contribution in [1.29, 1.82) is 0 Å². The van der Waals surface area contributed by atoms with Gasteiger partial charge in [0.2, 0.25) is 0 Å². The number of nitrogens with one attached hydrogen (secondary N) is 1. The minimum Gasteiger partial charge on any atom is -0.373 e. The molecule has 0 spiro atoms. The molecule has 0 saturated heterocycles. The van der Waals surface area contributed by atoms with Crippen molar-refractivity contribution in [3.63, 3.8) is 0 Å². The van der Waals surface area contributed by atoms with E-state index in [1.165, 1.54) is 11.3 Å². The Morgan fingerprint density at radius 2 is 2.14 bits per heavy atom. The van der Waals surface area contributed by atoms with Gasteiger partial charge in [-0.15, -0.1) is 0 Å². The quantitative estimate of drug-likeness (QED) is 0.782. The lowest BCUT2D eigenvalue weighted by Crippen LogP contribution is -2.34. The first-order valence-corrected chi connectivity index (χ1v) is 8.21. The number of hydrogen-bond acceptors (Lipinski definition) is 4. The molecule has 0 saturated carbocycles. The van der Waals surface area contributed by atoms with Crippen LogP contribution in [0, 0.1) is 5.41 Å². The van der Waals surface area contributed by atoms with Crippen molar-refractivity contribution in [2.75, 3.05) is 13.2 Å². The van der Waals surface area contributed by atoms with Gasteiger partial charge in [0.1, 0.15) is 6.61 Å². The third kappa shape index (κ3) is 4.48. The third-order valence-electron chi connectivity index (χ3n) is 3.95. The lowest BCUT2D eigenvalue weighted by molar-refractivity contribution is 0.115. The summed E-state index contributed by atoms with van der Waals surface area (Å²) in [6, 6.07) is 0.384. The molecule has 1 aliphatic rings. The van der Waals surface area contributed by atoms with Crippen LogP contribution in [0.3, 0.4) is 0 Å². The summed E-state index contributed by atoms with van der Waals surface area (Å²) in [4.78, 5) is 9.26. The summed E-state index contributed by atoms with van der Waals surface area (Å²) in [5.74, 6) is 0.814. The van der Waals surface area contributed by atoms with Gasteiger partial charge in [0.25, 0.3) is 0 Å². The van der Waals surface area contributed by atoms with Crippen LogP contribution in [-0.2, 0) is 17.8 Å². The van der Waals surface area contributed by atoms with Gasteiger partial charge >= 0.3 is 0 Å². The maximum atomic E-state index is 5.56. The van der Waals surface area contributed by atoms with Gasteiger partial charge in [-0.05, 0) is 37.6 Å². The van der Waals surface area contributed by atoms with Crippen LogP contribution in [-0.4, -0.2) is 23.1 Å². The van der Waals surface area contributed by atoms with Crippen molar-refractivity contribution in [2.45, 2.75) is 66.0 Å². The first-order valence-electron chi connectivity index (χ1n) is 8.21.